The lowest BCUT2D eigenvalue weighted by Crippen LogP contribution is -1.99. The lowest BCUT2D eigenvalue weighted by atomic mass is 9.99. The van der Waals surface area contributed by atoms with E-state index in [2.05, 4.69) is 57.5 Å². The zero-order valence-electron chi connectivity index (χ0n) is 10.2. The van der Waals surface area contributed by atoms with Crippen molar-refractivity contribution < 1.29 is 4.52 Å². The Morgan fingerprint density at radius 3 is 2.83 bits per heavy atom. The molecule has 0 aliphatic carbocycles. The molecule has 18 heavy (non-hydrogen) atoms. The van der Waals surface area contributed by atoms with Gasteiger partial charge in [0, 0.05) is 19.2 Å². The number of halogens is 2. The Morgan fingerprint density at radius 1 is 1.44 bits per heavy atom. The molecule has 0 radical (unpaired) electrons. The highest BCUT2D eigenvalue weighted by Gasteiger charge is 2.18. The zero-order chi connectivity index (χ0) is 13.3. The minimum Gasteiger partial charge on any atom is -0.367 e. The van der Waals surface area contributed by atoms with E-state index in [0.29, 0.717) is 11.8 Å². The molecular formula is C13H14BrIN2O. The number of hydrogen-bond donors (Lipinski definition) is 1. The van der Waals surface area contributed by atoms with Gasteiger partial charge in [0.25, 0.3) is 0 Å². The van der Waals surface area contributed by atoms with Crippen molar-refractivity contribution in [3.8, 4) is 11.3 Å². The molecule has 0 aliphatic heterocycles. The highest BCUT2D eigenvalue weighted by atomic mass is 127. The van der Waals surface area contributed by atoms with Gasteiger partial charge in [-0.2, -0.15) is 0 Å². The molecule has 0 saturated heterocycles. The molecule has 2 N–H and O–H groups in total. The summed E-state index contributed by atoms with van der Waals surface area (Å²) in [5.41, 5.74) is 8.78. The second kappa shape index (κ2) is 5.61. The summed E-state index contributed by atoms with van der Waals surface area (Å²) in [6.45, 7) is 4.31. The van der Waals surface area contributed by atoms with Crippen LogP contribution < -0.4 is 5.73 Å². The van der Waals surface area contributed by atoms with Gasteiger partial charge in [-0.25, -0.2) is 0 Å². The van der Waals surface area contributed by atoms with Crippen molar-refractivity contribution in [1.82, 2.24) is 5.16 Å². The number of hydrogen-bond acceptors (Lipinski definition) is 3. The Morgan fingerprint density at radius 2 is 2.17 bits per heavy atom. The molecule has 3 nitrogen and oxygen atoms in total. The fourth-order valence-corrected chi connectivity index (χ4v) is 2.77. The molecule has 0 atom stereocenters. The summed E-state index contributed by atoms with van der Waals surface area (Å²) in [5, 5.41) is 4.12. The third-order valence-electron chi connectivity index (χ3n) is 2.61. The first-order chi connectivity index (χ1) is 8.49. The highest BCUT2D eigenvalue weighted by molar-refractivity contribution is 14.1. The van der Waals surface area contributed by atoms with E-state index in [4.69, 9.17) is 10.3 Å². The largest absolute Gasteiger partial charge is 0.367 e. The van der Waals surface area contributed by atoms with Crippen LogP contribution in [0.5, 0.6) is 0 Å². The van der Waals surface area contributed by atoms with E-state index in [0.717, 1.165) is 31.3 Å². The van der Waals surface area contributed by atoms with Crippen LogP contribution in [-0.4, -0.2) is 5.16 Å². The van der Waals surface area contributed by atoms with E-state index in [9.17, 15) is 0 Å². The SMILES string of the molecule is CC(C)Cc1c(-c2cc(Br)ccc2I)noc1N. The maximum atomic E-state index is 5.87. The molecular weight excluding hydrogens is 407 g/mol. The number of rotatable bonds is 3. The van der Waals surface area contributed by atoms with E-state index >= 15 is 0 Å². The molecule has 2 aromatic rings. The van der Waals surface area contributed by atoms with Gasteiger partial charge < -0.3 is 10.3 Å². The van der Waals surface area contributed by atoms with Gasteiger partial charge >= 0.3 is 0 Å². The number of aromatic nitrogens is 1. The van der Waals surface area contributed by atoms with Gasteiger partial charge in [0.05, 0.1) is 0 Å². The van der Waals surface area contributed by atoms with Crippen LogP contribution in [0.3, 0.4) is 0 Å². The number of nitrogens with two attached hydrogens (primary N) is 1. The minimum atomic E-state index is 0.425. The molecule has 1 aromatic carbocycles. The number of anilines is 1. The second-order valence-corrected chi connectivity index (χ2v) is 6.67. The maximum Gasteiger partial charge on any atom is 0.225 e. The molecule has 0 unspecified atom stereocenters. The van der Waals surface area contributed by atoms with Crippen LogP contribution >= 0.6 is 38.5 Å². The molecule has 2 rings (SSSR count). The molecule has 5 heteroatoms. The Labute approximate surface area is 128 Å². The van der Waals surface area contributed by atoms with Gasteiger partial charge in [-0.15, -0.1) is 0 Å². The molecule has 1 heterocycles. The Kier molecular flexibility index (Phi) is 4.32. The fraction of sp³-hybridized carbons (Fsp3) is 0.308. The molecule has 96 valence electrons. The van der Waals surface area contributed by atoms with Crippen LogP contribution in [0.25, 0.3) is 11.3 Å². The van der Waals surface area contributed by atoms with Gasteiger partial charge in [-0.1, -0.05) is 34.9 Å². The maximum absolute atomic E-state index is 5.87. The summed E-state index contributed by atoms with van der Waals surface area (Å²) in [5.74, 6) is 0.935. The number of benzene rings is 1. The third kappa shape index (κ3) is 2.88. The molecule has 0 bridgehead atoms. The predicted molar refractivity (Wildman–Crippen MR) is 85.3 cm³/mol. The van der Waals surface area contributed by atoms with Crippen LogP contribution in [0.2, 0.25) is 0 Å². The van der Waals surface area contributed by atoms with Crippen molar-refractivity contribution in [1.29, 1.82) is 0 Å². The van der Waals surface area contributed by atoms with Crippen molar-refractivity contribution >= 4 is 44.4 Å². The zero-order valence-corrected chi connectivity index (χ0v) is 13.9. The quantitative estimate of drug-likeness (QED) is 0.744. The molecule has 0 spiro atoms. The number of nitrogens with zero attached hydrogens (tertiary/aromatic N) is 1. The van der Waals surface area contributed by atoms with Crippen molar-refractivity contribution in [3.05, 3.63) is 31.8 Å². The highest BCUT2D eigenvalue weighted by Crippen LogP contribution is 2.33. The second-order valence-electron chi connectivity index (χ2n) is 4.60. The monoisotopic (exact) mass is 420 g/mol. The summed E-state index contributed by atoms with van der Waals surface area (Å²) in [6, 6.07) is 6.10. The van der Waals surface area contributed by atoms with E-state index in [1.807, 2.05) is 18.2 Å². The van der Waals surface area contributed by atoms with Gasteiger partial charge in [0.1, 0.15) is 5.69 Å². The Balaban J connectivity index is 2.53. The van der Waals surface area contributed by atoms with Crippen LogP contribution in [0.1, 0.15) is 19.4 Å². The Bertz CT molecular complexity index is 566. The Hall–Kier alpha value is -0.560. The van der Waals surface area contributed by atoms with Gasteiger partial charge in [-0.05, 0) is 53.1 Å². The van der Waals surface area contributed by atoms with E-state index in [1.165, 1.54) is 0 Å². The van der Waals surface area contributed by atoms with Crippen LogP contribution in [0.15, 0.2) is 27.2 Å². The lowest BCUT2D eigenvalue weighted by molar-refractivity contribution is 0.438. The smallest absolute Gasteiger partial charge is 0.225 e. The average molecular weight is 421 g/mol. The minimum absolute atomic E-state index is 0.425. The topological polar surface area (TPSA) is 52.0 Å². The summed E-state index contributed by atoms with van der Waals surface area (Å²) < 4.78 is 7.31. The van der Waals surface area contributed by atoms with Gasteiger partial charge in [-0.3, -0.25) is 0 Å². The van der Waals surface area contributed by atoms with Gasteiger partial charge in [0.2, 0.25) is 5.88 Å². The lowest BCUT2D eigenvalue weighted by Gasteiger charge is -2.07. The standard InChI is InChI=1S/C13H14BrIN2O/c1-7(2)5-10-12(17-18-13(10)16)9-6-8(14)3-4-11(9)15/h3-4,6-7H,5,16H2,1-2H3. The van der Waals surface area contributed by atoms with Crippen molar-refractivity contribution in [3.63, 3.8) is 0 Å². The first kappa shape index (κ1) is 13.9. The van der Waals surface area contributed by atoms with Gasteiger partial charge in [0.15, 0.2) is 0 Å². The number of nitrogen functional groups attached to an aromatic ring is 1. The summed E-state index contributed by atoms with van der Waals surface area (Å²) in [6.07, 6.45) is 0.868. The van der Waals surface area contributed by atoms with Crippen molar-refractivity contribution in [2.24, 2.45) is 5.92 Å². The van der Waals surface area contributed by atoms with Crippen LogP contribution in [-0.2, 0) is 6.42 Å². The van der Waals surface area contributed by atoms with Crippen molar-refractivity contribution in [2.75, 3.05) is 5.73 Å². The molecule has 0 fully saturated rings. The predicted octanol–water partition coefficient (Wildman–Crippen LogP) is 4.49. The van der Waals surface area contributed by atoms with E-state index in [1.54, 1.807) is 0 Å². The molecule has 0 aliphatic rings. The molecule has 0 amide bonds. The summed E-state index contributed by atoms with van der Waals surface area (Å²) in [7, 11) is 0. The van der Waals surface area contributed by atoms with E-state index < -0.39 is 0 Å². The fourth-order valence-electron chi connectivity index (χ4n) is 1.82. The third-order valence-corrected chi connectivity index (χ3v) is 4.05. The normalized spacial score (nSPS) is 11.2. The van der Waals surface area contributed by atoms with Crippen molar-refractivity contribution in [2.45, 2.75) is 20.3 Å². The van der Waals surface area contributed by atoms with Crippen LogP contribution in [0.4, 0.5) is 5.88 Å². The van der Waals surface area contributed by atoms with E-state index in [-0.39, 0.29) is 0 Å². The molecule has 0 saturated carbocycles. The average Bonchev–Trinajstić information content (AvgIpc) is 2.64. The summed E-state index contributed by atoms with van der Waals surface area (Å²) in [4.78, 5) is 0. The first-order valence-corrected chi connectivity index (χ1v) is 7.55. The van der Waals surface area contributed by atoms with Crippen LogP contribution in [0, 0.1) is 9.49 Å². The first-order valence-electron chi connectivity index (χ1n) is 5.68. The summed E-state index contributed by atoms with van der Waals surface area (Å²) >= 11 is 5.78. The molecule has 1 aromatic heterocycles.